The van der Waals surface area contributed by atoms with Gasteiger partial charge in [-0.15, -0.1) is 0 Å². The predicted molar refractivity (Wildman–Crippen MR) is 206 cm³/mol. The summed E-state index contributed by atoms with van der Waals surface area (Å²) in [5, 5.41) is 0. The summed E-state index contributed by atoms with van der Waals surface area (Å²) in [5.41, 5.74) is 5.34. The highest BCUT2D eigenvalue weighted by atomic mass is 31.2. The van der Waals surface area contributed by atoms with Gasteiger partial charge in [-0.1, -0.05) is 161 Å². The van der Waals surface area contributed by atoms with Crippen molar-refractivity contribution in [1.29, 1.82) is 0 Å². The Kier molecular flexibility index (Phi) is 36.6. The maximum Gasteiger partial charge on any atom is 0.472 e. The molecule has 0 saturated carbocycles. The number of unbranched alkanes of at least 4 members (excludes halogenated alkanes) is 24. The Balaban J connectivity index is 4.14. The zero-order valence-electron chi connectivity index (χ0n) is 32.4. The van der Waals surface area contributed by atoms with E-state index >= 15 is 0 Å². The van der Waals surface area contributed by atoms with Gasteiger partial charge in [-0.3, -0.25) is 18.6 Å². The summed E-state index contributed by atoms with van der Waals surface area (Å²) in [5.74, 6) is -0.823. The van der Waals surface area contributed by atoms with Crippen molar-refractivity contribution in [2.75, 3.05) is 26.4 Å². The van der Waals surface area contributed by atoms with Crippen LogP contribution >= 0.6 is 7.82 Å². The number of carbonyl (C=O) groups excluding carboxylic acids is 2. The summed E-state index contributed by atoms with van der Waals surface area (Å²) < 4.78 is 32.7. The largest absolute Gasteiger partial charge is 0.472 e. The average Bonchev–Trinajstić information content (AvgIpc) is 3.10. The molecule has 0 radical (unpaired) electrons. The molecule has 0 aromatic heterocycles. The topological polar surface area (TPSA) is 134 Å². The Hall–Kier alpha value is -1.25. The molecule has 50 heavy (non-hydrogen) atoms. The second kappa shape index (κ2) is 37.5. The Morgan fingerprint density at radius 2 is 0.980 bits per heavy atom. The molecule has 3 N–H and O–H groups in total. The molecule has 0 aromatic carbocycles. The molecule has 0 fully saturated rings. The summed E-state index contributed by atoms with van der Waals surface area (Å²) in [4.78, 5) is 34.8. The van der Waals surface area contributed by atoms with Crippen LogP contribution in [0.1, 0.15) is 200 Å². The molecule has 0 rings (SSSR count). The van der Waals surface area contributed by atoms with Gasteiger partial charge in [0, 0.05) is 19.4 Å². The maximum absolute atomic E-state index is 12.5. The van der Waals surface area contributed by atoms with Gasteiger partial charge < -0.3 is 20.1 Å². The molecule has 0 aliphatic carbocycles. The van der Waals surface area contributed by atoms with Crippen molar-refractivity contribution >= 4 is 19.8 Å². The van der Waals surface area contributed by atoms with Gasteiger partial charge in [0.25, 0.3) is 0 Å². The average molecular weight is 732 g/mol. The number of nitrogens with two attached hydrogens (primary N) is 1. The van der Waals surface area contributed by atoms with Crippen molar-refractivity contribution in [2.45, 2.75) is 206 Å². The molecular formula is C40H78NO8P. The fourth-order valence-corrected chi connectivity index (χ4v) is 6.57. The SMILES string of the molecule is CCCCCC/C=C/CCCCCCCCCCCC(=O)O[C@H](COC(=O)CCCCCCCCCCCCCC)COP(=O)(O)OCCN. The van der Waals surface area contributed by atoms with E-state index < -0.39 is 26.5 Å². The molecule has 0 aliphatic heterocycles. The first-order valence-corrected chi connectivity index (χ1v) is 22.2. The molecule has 2 atom stereocenters. The number of hydrogen-bond acceptors (Lipinski definition) is 8. The molecule has 296 valence electrons. The van der Waals surface area contributed by atoms with E-state index in [0.717, 1.165) is 38.5 Å². The molecule has 0 aromatic rings. The minimum Gasteiger partial charge on any atom is -0.462 e. The van der Waals surface area contributed by atoms with E-state index in [1.807, 2.05) is 0 Å². The van der Waals surface area contributed by atoms with Crippen molar-refractivity contribution in [1.82, 2.24) is 0 Å². The fraction of sp³-hybridized carbons (Fsp3) is 0.900. The third-order valence-corrected chi connectivity index (χ3v) is 9.89. The predicted octanol–water partition coefficient (Wildman–Crippen LogP) is 11.4. The lowest BCUT2D eigenvalue weighted by atomic mass is 10.0. The summed E-state index contributed by atoms with van der Waals surface area (Å²) in [6.45, 7) is 3.73. The van der Waals surface area contributed by atoms with E-state index in [0.29, 0.717) is 6.42 Å². The highest BCUT2D eigenvalue weighted by Gasteiger charge is 2.26. The van der Waals surface area contributed by atoms with Gasteiger partial charge in [0.15, 0.2) is 6.10 Å². The molecule has 0 amide bonds. The lowest BCUT2D eigenvalue weighted by Crippen LogP contribution is -2.29. The van der Waals surface area contributed by atoms with E-state index in [1.54, 1.807) is 0 Å². The molecule has 9 nitrogen and oxygen atoms in total. The first-order chi connectivity index (χ1) is 24.3. The third kappa shape index (κ3) is 36.5. The molecule has 0 heterocycles. The number of esters is 2. The smallest absolute Gasteiger partial charge is 0.462 e. The first-order valence-electron chi connectivity index (χ1n) is 20.7. The van der Waals surface area contributed by atoms with Crippen LogP contribution in [0.15, 0.2) is 12.2 Å². The van der Waals surface area contributed by atoms with Crippen molar-refractivity contribution in [2.24, 2.45) is 5.73 Å². The molecule has 0 aliphatic rings. The third-order valence-electron chi connectivity index (χ3n) is 8.90. The number of allylic oxidation sites excluding steroid dienone is 2. The van der Waals surface area contributed by atoms with Gasteiger partial charge in [-0.2, -0.15) is 0 Å². The van der Waals surface area contributed by atoms with E-state index in [-0.39, 0.29) is 38.6 Å². The quantitative estimate of drug-likeness (QED) is 0.0274. The highest BCUT2D eigenvalue weighted by molar-refractivity contribution is 7.47. The van der Waals surface area contributed by atoms with Crippen molar-refractivity contribution in [3.63, 3.8) is 0 Å². The van der Waals surface area contributed by atoms with E-state index in [9.17, 15) is 19.0 Å². The Labute approximate surface area is 307 Å². The number of carbonyl (C=O) groups is 2. The summed E-state index contributed by atoms with van der Waals surface area (Å²) in [6, 6.07) is 0. The number of ether oxygens (including phenoxy) is 2. The van der Waals surface area contributed by atoms with Gasteiger partial charge in [0.2, 0.25) is 0 Å². The van der Waals surface area contributed by atoms with Crippen LogP contribution in [0.3, 0.4) is 0 Å². The minimum atomic E-state index is -4.37. The van der Waals surface area contributed by atoms with Crippen LogP contribution < -0.4 is 5.73 Å². The van der Waals surface area contributed by atoms with Crippen LogP contribution in [0.5, 0.6) is 0 Å². The van der Waals surface area contributed by atoms with E-state index in [2.05, 4.69) is 26.0 Å². The zero-order valence-corrected chi connectivity index (χ0v) is 33.3. The standard InChI is InChI=1S/C40H78NO8P/c1-3-5-7-9-11-13-15-17-18-19-20-21-23-25-27-29-31-33-40(43)49-38(37-48-50(44,45)47-35-34-41)36-46-39(42)32-30-28-26-24-22-16-14-12-10-8-6-4-2/h13,15,38H,3-12,14,16-37,41H2,1-2H3,(H,44,45)/b15-13+/t38-/m1/s1. The minimum absolute atomic E-state index is 0.0558. The lowest BCUT2D eigenvalue weighted by Gasteiger charge is -2.19. The van der Waals surface area contributed by atoms with Crippen molar-refractivity contribution < 1.29 is 37.6 Å². The van der Waals surface area contributed by atoms with Crippen LogP contribution in [-0.4, -0.2) is 49.3 Å². The second-order valence-corrected chi connectivity index (χ2v) is 15.3. The monoisotopic (exact) mass is 732 g/mol. The maximum atomic E-state index is 12.5. The van der Waals surface area contributed by atoms with Gasteiger partial charge in [-0.05, 0) is 38.5 Å². The van der Waals surface area contributed by atoms with Crippen LogP contribution in [0.4, 0.5) is 0 Å². The van der Waals surface area contributed by atoms with Crippen molar-refractivity contribution in [3.05, 3.63) is 12.2 Å². The first kappa shape index (κ1) is 48.8. The molecule has 10 heteroatoms. The zero-order chi connectivity index (χ0) is 36.8. The Morgan fingerprint density at radius 3 is 1.44 bits per heavy atom. The fourth-order valence-electron chi connectivity index (χ4n) is 5.81. The second-order valence-electron chi connectivity index (χ2n) is 13.9. The lowest BCUT2D eigenvalue weighted by molar-refractivity contribution is -0.161. The number of hydrogen-bond donors (Lipinski definition) is 2. The molecule has 1 unspecified atom stereocenters. The van der Waals surface area contributed by atoms with Crippen LogP contribution in [0.2, 0.25) is 0 Å². The normalized spacial score (nSPS) is 13.4. The number of rotatable bonds is 39. The van der Waals surface area contributed by atoms with Crippen LogP contribution in [0, 0.1) is 0 Å². The number of phosphoric acid groups is 1. The van der Waals surface area contributed by atoms with Crippen molar-refractivity contribution in [3.8, 4) is 0 Å². The van der Waals surface area contributed by atoms with Crippen LogP contribution in [-0.2, 0) is 32.7 Å². The molecular weight excluding hydrogens is 653 g/mol. The van der Waals surface area contributed by atoms with Gasteiger partial charge in [-0.25, -0.2) is 4.57 Å². The van der Waals surface area contributed by atoms with Gasteiger partial charge in [0.05, 0.1) is 13.2 Å². The molecule has 0 spiro atoms. The van der Waals surface area contributed by atoms with E-state index in [1.165, 1.54) is 128 Å². The molecule has 0 saturated heterocycles. The Morgan fingerprint density at radius 1 is 0.580 bits per heavy atom. The summed E-state index contributed by atoms with van der Waals surface area (Å²) in [6.07, 6.45) is 36.6. The van der Waals surface area contributed by atoms with E-state index in [4.69, 9.17) is 24.3 Å². The summed E-state index contributed by atoms with van der Waals surface area (Å²) in [7, 11) is -4.37. The number of phosphoric ester groups is 1. The van der Waals surface area contributed by atoms with Gasteiger partial charge in [0.1, 0.15) is 6.61 Å². The van der Waals surface area contributed by atoms with Gasteiger partial charge >= 0.3 is 19.8 Å². The highest BCUT2D eigenvalue weighted by Crippen LogP contribution is 2.43. The Bertz CT molecular complexity index is 840. The molecule has 0 bridgehead atoms. The summed E-state index contributed by atoms with van der Waals surface area (Å²) >= 11 is 0. The van der Waals surface area contributed by atoms with Crippen LogP contribution in [0.25, 0.3) is 0 Å².